The topological polar surface area (TPSA) is 24.7 Å². The van der Waals surface area contributed by atoms with Crippen molar-refractivity contribution in [2.24, 2.45) is 9.98 Å². The highest BCUT2D eigenvalue weighted by atomic mass is 35.5. The second kappa shape index (κ2) is 7.19. The fraction of sp³-hybridized carbons (Fsp3) is 0.158. The summed E-state index contributed by atoms with van der Waals surface area (Å²) >= 11 is 6.21. The number of aliphatic imine (C=N–C) groups is 2. The molecule has 0 fully saturated rings. The molecule has 0 radical (unpaired) electrons. The van der Waals surface area contributed by atoms with Gasteiger partial charge in [0.2, 0.25) is 0 Å². The lowest BCUT2D eigenvalue weighted by atomic mass is 10.0. The van der Waals surface area contributed by atoms with Crippen LogP contribution in [0.5, 0.6) is 0 Å². The molecule has 3 heteroatoms. The van der Waals surface area contributed by atoms with Crippen molar-refractivity contribution in [3.05, 3.63) is 83.0 Å². The van der Waals surface area contributed by atoms with Crippen LogP contribution in [0.4, 0.5) is 0 Å². The second-order valence-electron chi connectivity index (χ2n) is 5.15. The molecule has 3 rings (SSSR count). The highest BCUT2D eigenvalue weighted by Crippen LogP contribution is 2.17. The molecule has 0 unspecified atom stereocenters. The summed E-state index contributed by atoms with van der Waals surface area (Å²) in [4.78, 5) is 9.33. The Morgan fingerprint density at radius 2 is 1.41 bits per heavy atom. The Bertz CT molecular complexity index is 716. The van der Waals surface area contributed by atoms with Crippen LogP contribution < -0.4 is 0 Å². The average molecular weight is 309 g/mol. The molecule has 0 bridgehead atoms. The lowest BCUT2D eigenvalue weighted by Crippen LogP contribution is -2.06. The average Bonchev–Trinajstić information content (AvgIpc) is 2.67. The number of halogens is 1. The number of allylic oxidation sites excluding steroid dienone is 1. The number of benzene rings is 2. The van der Waals surface area contributed by atoms with Gasteiger partial charge in [0.25, 0.3) is 0 Å². The summed E-state index contributed by atoms with van der Waals surface area (Å²) in [6, 6.07) is 20.2. The Hall–Kier alpha value is -2.19. The molecule has 110 valence electrons. The third kappa shape index (κ3) is 3.71. The molecule has 0 saturated heterocycles. The van der Waals surface area contributed by atoms with E-state index in [4.69, 9.17) is 16.6 Å². The van der Waals surface area contributed by atoms with Crippen LogP contribution in [0, 0.1) is 0 Å². The van der Waals surface area contributed by atoms with Gasteiger partial charge in [-0.2, -0.15) is 0 Å². The Balaban J connectivity index is 2.08. The van der Waals surface area contributed by atoms with Gasteiger partial charge in [-0.3, -0.25) is 0 Å². The van der Waals surface area contributed by atoms with E-state index >= 15 is 0 Å². The first-order chi connectivity index (χ1) is 10.8. The number of nitrogens with zero attached hydrogens (tertiary/aromatic N) is 2. The van der Waals surface area contributed by atoms with Crippen LogP contribution in [0.1, 0.15) is 30.4 Å². The molecule has 1 heterocycles. The molecule has 0 saturated carbocycles. The van der Waals surface area contributed by atoms with E-state index in [1.807, 2.05) is 54.6 Å². The molecule has 2 nitrogen and oxygen atoms in total. The molecular weight excluding hydrogens is 292 g/mol. The number of hydrogen-bond acceptors (Lipinski definition) is 2. The van der Waals surface area contributed by atoms with E-state index in [-0.39, 0.29) is 0 Å². The molecule has 22 heavy (non-hydrogen) atoms. The predicted molar refractivity (Wildman–Crippen MR) is 93.7 cm³/mol. The van der Waals surface area contributed by atoms with Crippen LogP contribution in [0.15, 0.2) is 81.9 Å². The van der Waals surface area contributed by atoms with Gasteiger partial charge < -0.3 is 0 Å². The minimum Gasteiger partial charge on any atom is -0.232 e. The Morgan fingerprint density at radius 1 is 0.773 bits per heavy atom. The zero-order chi connectivity index (χ0) is 15.2. The van der Waals surface area contributed by atoms with Gasteiger partial charge in [-0.15, -0.1) is 0 Å². The van der Waals surface area contributed by atoms with Crippen LogP contribution in [0.2, 0.25) is 0 Å². The van der Waals surface area contributed by atoms with Crippen LogP contribution in [0.3, 0.4) is 0 Å². The van der Waals surface area contributed by atoms with Gasteiger partial charge >= 0.3 is 0 Å². The highest BCUT2D eigenvalue weighted by Gasteiger charge is 2.10. The molecule has 0 N–H and O–H groups in total. The quantitative estimate of drug-likeness (QED) is 0.682. The van der Waals surface area contributed by atoms with Crippen LogP contribution >= 0.6 is 11.6 Å². The van der Waals surface area contributed by atoms with E-state index in [9.17, 15) is 0 Å². The van der Waals surface area contributed by atoms with E-state index in [1.54, 1.807) is 0 Å². The largest absolute Gasteiger partial charge is 0.232 e. The lowest BCUT2D eigenvalue weighted by Gasteiger charge is -2.07. The standard InChI is InChI=1S/C19H17ClN2/c20-18-14-8-7-13-17(15-9-3-1-4-10-15)21-19(22-18)16-11-5-2-6-12-16/h1-6,9-12,14H,7-8,13H2. The summed E-state index contributed by atoms with van der Waals surface area (Å²) in [5, 5.41) is 0.511. The van der Waals surface area contributed by atoms with Crippen LogP contribution in [0.25, 0.3) is 0 Å². The second-order valence-corrected chi connectivity index (χ2v) is 5.53. The van der Waals surface area contributed by atoms with Crippen molar-refractivity contribution >= 4 is 23.1 Å². The van der Waals surface area contributed by atoms with E-state index in [2.05, 4.69) is 17.1 Å². The number of amidine groups is 1. The van der Waals surface area contributed by atoms with Gasteiger partial charge in [-0.05, 0) is 30.9 Å². The fourth-order valence-corrected chi connectivity index (χ4v) is 2.59. The van der Waals surface area contributed by atoms with Crippen molar-refractivity contribution in [3.63, 3.8) is 0 Å². The maximum atomic E-state index is 6.21. The summed E-state index contributed by atoms with van der Waals surface area (Å²) in [6.07, 6.45) is 4.81. The first kappa shape index (κ1) is 14.7. The maximum Gasteiger partial charge on any atom is 0.161 e. The van der Waals surface area contributed by atoms with Gasteiger partial charge in [-0.1, -0.05) is 72.3 Å². The molecule has 0 aliphatic carbocycles. The third-order valence-corrected chi connectivity index (χ3v) is 3.76. The van der Waals surface area contributed by atoms with Gasteiger partial charge in [0.15, 0.2) is 5.84 Å². The van der Waals surface area contributed by atoms with E-state index in [0.717, 1.165) is 36.1 Å². The van der Waals surface area contributed by atoms with Crippen molar-refractivity contribution in [3.8, 4) is 0 Å². The van der Waals surface area contributed by atoms with E-state index in [0.29, 0.717) is 11.0 Å². The Kier molecular flexibility index (Phi) is 4.81. The fourth-order valence-electron chi connectivity index (χ4n) is 2.40. The summed E-state index contributed by atoms with van der Waals surface area (Å²) in [5.74, 6) is 0.669. The summed E-state index contributed by atoms with van der Waals surface area (Å²) < 4.78 is 0. The molecule has 0 amide bonds. The Morgan fingerprint density at radius 3 is 2.09 bits per heavy atom. The van der Waals surface area contributed by atoms with Crippen molar-refractivity contribution in [2.75, 3.05) is 0 Å². The van der Waals surface area contributed by atoms with Gasteiger partial charge in [0.05, 0.1) is 5.71 Å². The lowest BCUT2D eigenvalue weighted by molar-refractivity contribution is 0.893. The van der Waals surface area contributed by atoms with Crippen molar-refractivity contribution < 1.29 is 0 Å². The third-order valence-electron chi connectivity index (χ3n) is 3.52. The molecule has 0 atom stereocenters. The molecule has 1 aliphatic heterocycles. The van der Waals surface area contributed by atoms with Crippen LogP contribution in [-0.2, 0) is 0 Å². The van der Waals surface area contributed by atoms with Crippen molar-refractivity contribution in [1.29, 1.82) is 0 Å². The predicted octanol–water partition coefficient (Wildman–Crippen LogP) is 5.19. The molecule has 1 aliphatic rings. The zero-order valence-electron chi connectivity index (χ0n) is 12.2. The van der Waals surface area contributed by atoms with Crippen molar-refractivity contribution in [1.82, 2.24) is 0 Å². The summed E-state index contributed by atoms with van der Waals surface area (Å²) in [6.45, 7) is 0. The van der Waals surface area contributed by atoms with E-state index < -0.39 is 0 Å². The normalized spacial score (nSPS) is 15.8. The minimum atomic E-state index is 0.511. The van der Waals surface area contributed by atoms with Gasteiger partial charge in [0, 0.05) is 5.56 Å². The zero-order valence-corrected chi connectivity index (χ0v) is 13.0. The molecule has 0 aromatic heterocycles. The molecule has 2 aromatic carbocycles. The molecule has 0 spiro atoms. The van der Waals surface area contributed by atoms with Crippen molar-refractivity contribution in [2.45, 2.75) is 19.3 Å². The maximum absolute atomic E-state index is 6.21. The number of hydrogen-bond donors (Lipinski definition) is 0. The summed E-state index contributed by atoms with van der Waals surface area (Å²) in [7, 11) is 0. The highest BCUT2D eigenvalue weighted by molar-refractivity contribution is 6.30. The van der Waals surface area contributed by atoms with Gasteiger partial charge in [-0.25, -0.2) is 9.98 Å². The first-order valence-electron chi connectivity index (χ1n) is 7.46. The molecular formula is C19H17ClN2. The van der Waals surface area contributed by atoms with E-state index in [1.165, 1.54) is 0 Å². The monoisotopic (exact) mass is 308 g/mol. The minimum absolute atomic E-state index is 0.511. The smallest absolute Gasteiger partial charge is 0.161 e. The summed E-state index contributed by atoms with van der Waals surface area (Å²) in [5.41, 5.74) is 3.18. The number of rotatable bonds is 2. The first-order valence-corrected chi connectivity index (χ1v) is 7.83. The SMILES string of the molecule is ClC1=CCCCC(c2ccccc2)=NC(c2ccccc2)=N1. The van der Waals surface area contributed by atoms with Gasteiger partial charge in [0.1, 0.15) is 5.16 Å². The Labute approximate surface area is 135 Å². The van der Waals surface area contributed by atoms with Crippen LogP contribution in [-0.4, -0.2) is 11.5 Å². The molecule has 2 aromatic rings.